The van der Waals surface area contributed by atoms with Gasteiger partial charge < -0.3 is 15.2 Å². The number of halogens is 1. The Bertz CT molecular complexity index is 575. The average molecular weight is 340 g/mol. The van der Waals surface area contributed by atoms with Crippen molar-refractivity contribution in [3.05, 3.63) is 29.3 Å². The molecular formula is C17H22ClNO4. The zero-order chi connectivity index (χ0) is 17.0. The highest BCUT2D eigenvalue weighted by Gasteiger charge is 2.33. The predicted molar refractivity (Wildman–Crippen MR) is 87.6 cm³/mol. The van der Waals surface area contributed by atoms with E-state index in [1.807, 2.05) is 13.8 Å². The summed E-state index contributed by atoms with van der Waals surface area (Å²) in [5.74, 6) is -0.855. The Morgan fingerprint density at radius 2 is 2.09 bits per heavy atom. The first kappa shape index (κ1) is 17.6. The van der Waals surface area contributed by atoms with Crippen LogP contribution < -0.4 is 10.1 Å². The van der Waals surface area contributed by atoms with E-state index in [4.69, 9.17) is 21.4 Å². The van der Waals surface area contributed by atoms with Gasteiger partial charge in [-0.3, -0.25) is 9.59 Å². The number of amides is 1. The van der Waals surface area contributed by atoms with Crippen LogP contribution in [0.15, 0.2) is 24.3 Å². The Labute approximate surface area is 141 Å². The molecule has 2 N–H and O–H groups in total. The number of aliphatic carboxylic acids is 1. The van der Waals surface area contributed by atoms with Crippen LogP contribution in [0.4, 0.5) is 0 Å². The molecule has 1 aromatic rings. The van der Waals surface area contributed by atoms with Gasteiger partial charge in [0.05, 0.1) is 5.92 Å². The van der Waals surface area contributed by atoms with Gasteiger partial charge in [0.2, 0.25) is 0 Å². The molecule has 0 heterocycles. The number of carbonyl (C=O) groups excluding carboxylic acids is 1. The van der Waals surface area contributed by atoms with Gasteiger partial charge in [-0.2, -0.15) is 0 Å². The van der Waals surface area contributed by atoms with E-state index in [1.165, 1.54) is 0 Å². The van der Waals surface area contributed by atoms with Crippen LogP contribution in [-0.4, -0.2) is 29.1 Å². The molecular weight excluding hydrogens is 318 g/mol. The molecule has 5 nitrogen and oxygen atoms in total. The molecule has 0 spiro atoms. The molecule has 1 unspecified atom stereocenters. The van der Waals surface area contributed by atoms with E-state index >= 15 is 0 Å². The van der Waals surface area contributed by atoms with Crippen molar-refractivity contribution in [3.63, 3.8) is 0 Å². The van der Waals surface area contributed by atoms with Crippen molar-refractivity contribution in [1.82, 2.24) is 5.32 Å². The van der Waals surface area contributed by atoms with Gasteiger partial charge in [0.25, 0.3) is 5.91 Å². The highest BCUT2D eigenvalue weighted by atomic mass is 35.5. The fourth-order valence-corrected chi connectivity index (χ4v) is 2.98. The maximum atomic E-state index is 12.5. The van der Waals surface area contributed by atoms with E-state index in [-0.39, 0.29) is 23.8 Å². The van der Waals surface area contributed by atoms with Crippen molar-refractivity contribution in [1.29, 1.82) is 0 Å². The van der Waals surface area contributed by atoms with E-state index in [0.29, 0.717) is 30.0 Å². The van der Waals surface area contributed by atoms with Crippen LogP contribution >= 0.6 is 11.6 Å². The van der Waals surface area contributed by atoms with Crippen molar-refractivity contribution in [2.45, 2.75) is 45.3 Å². The Hall–Kier alpha value is -1.75. The molecule has 1 saturated carbocycles. The second-order valence-corrected chi connectivity index (χ2v) is 6.73. The summed E-state index contributed by atoms with van der Waals surface area (Å²) >= 11 is 5.93. The maximum absolute atomic E-state index is 12.5. The number of benzene rings is 1. The predicted octanol–water partition coefficient (Wildman–Crippen LogP) is 3.11. The van der Waals surface area contributed by atoms with Crippen molar-refractivity contribution in [2.24, 2.45) is 11.8 Å². The SMILES string of the molecule is CC(C)C(Oc1cccc(Cl)c1)C(=O)N[C@H]1CC[C@@H](C(=O)O)C1. The largest absolute Gasteiger partial charge is 0.481 e. The van der Waals surface area contributed by atoms with Gasteiger partial charge in [-0.1, -0.05) is 31.5 Å². The number of hydrogen-bond acceptors (Lipinski definition) is 3. The smallest absolute Gasteiger partial charge is 0.306 e. The summed E-state index contributed by atoms with van der Waals surface area (Å²) < 4.78 is 5.79. The first-order valence-corrected chi connectivity index (χ1v) is 8.20. The maximum Gasteiger partial charge on any atom is 0.306 e. The van der Waals surface area contributed by atoms with E-state index in [0.717, 1.165) is 0 Å². The number of rotatable bonds is 6. The summed E-state index contributed by atoms with van der Waals surface area (Å²) in [6.07, 6.45) is 1.12. The Balaban J connectivity index is 1.98. The number of ether oxygens (including phenoxy) is 1. The van der Waals surface area contributed by atoms with E-state index in [2.05, 4.69) is 5.32 Å². The number of hydrogen-bond donors (Lipinski definition) is 2. The molecule has 6 heteroatoms. The van der Waals surface area contributed by atoms with Gasteiger partial charge in [-0.15, -0.1) is 0 Å². The number of carbonyl (C=O) groups is 2. The zero-order valence-electron chi connectivity index (χ0n) is 13.3. The second kappa shape index (κ2) is 7.68. The topological polar surface area (TPSA) is 75.6 Å². The molecule has 23 heavy (non-hydrogen) atoms. The molecule has 0 bridgehead atoms. The summed E-state index contributed by atoms with van der Waals surface area (Å²) in [5.41, 5.74) is 0. The summed E-state index contributed by atoms with van der Waals surface area (Å²) in [4.78, 5) is 23.5. The minimum absolute atomic E-state index is 0.0225. The molecule has 0 aliphatic heterocycles. The van der Waals surface area contributed by atoms with Crippen molar-refractivity contribution in [3.8, 4) is 5.75 Å². The Kier molecular flexibility index (Phi) is 5.88. The highest BCUT2D eigenvalue weighted by Crippen LogP contribution is 2.26. The van der Waals surface area contributed by atoms with Crippen molar-refractivity contribution < 1.29 is 19.4 Å². The minimum Gasteiger partial charge on any atom is -0.481 e. The molecule has 0 radical (unpaired) electrons. The van der Waals surface area contributed by atoms with Gasteiger partial charge in [-0.05, 0) is 43.4 Å². The molecule has 0 saturated heterocycles. The fourth-order valence-electron chi connectivity index (χ4n) is 2.80. The lowest BCUT2D eigenvalue weighted by molar-refractivity contribution is -0.141. The fraction of sp³-hybridized carbons (Fsp3) is 0.529. The van der Waals surface area contributed by atoms with Crippen LogP contribution in [0.25, 0.3) is 0 Å². The highest BCUT2D eigenvalue weighted by molar-refractivity contribution is 6.30. The molecule has 2 rings (SSSR count). The lowest BCUT2D eigenvalue weighted by Gasteiger charge is -2.24. The molecule has 1 fully saturated rings. The summed E-state index contributed by atoms with van der Waals surface area (Å²) in [6.45, 7) is 3.81. The normalized spacial score (nSPS) is 21.9. The summed E-state index contributed by atoms with van der Waals surface area (Å²) in [7, 11) is 0. The van der Waals surface area contributed by atoms with Gasteiger partial charge >= 0.3 is 5.97 Å². The quantitative estimate of drug-likeness (QED) is 0.835. The van der Waals surface area contributed by atoms with Crippen LogP contribution in [-0.2, 0) is 9.59 Å². The van der Waals surface area contributed by atoms with E-state index in [1.54, 1.807) is 24.3 Å². The lowest BCUT2D eigenvalue weighted by Crippen LogP contribution is -2.45. The van der Waals surface area contributed by atoms with Crippen molar-refractivity contribution >= 4 is 23.5 Å². The van der Waals surface area contributed by atoms with E-state index < -0.39 is 12.1 Å². The molecule has 1 amide bonds. The molecule has 1 aliphatic rings. The monoisotopic (exact) mass is 339 g/mol. The summed E-state index contributed by atoms with van der Waals surface area (Å²) in [5, 5.41) is 12.5. The standard InChI is InChI=1S/C17H22ClNO4/c1-10(2)15(23-14-5-3-4-12(18)9-14)16(20)19-13-7-6-11(8-13)17(21)22/h3-5,9-11,13,15H,6-8H2,1-2H3,(H,19,20)(H,21,22)/t11-,13+,15?/m1/s1. The van der Waals surface area contributed by atoms with Gasteiger partial charge in [0, 0.05) is 11.1 Å². The summed E-state index contributed by atoms with van der Waals surface area (Å²) in [6, 6.07) is 6.82. The molecule has 126 valence electrons. The first-order chi connectivity index (χ1) is 10.9. The van der Waals surface area contributed by atoms with Crippen LogP contribution in [0.3, 0.4) is 0 Å². The lowest BCUT2D eigenvalue weighted by atomic mass is 10.1. The van der Waals surface area contributed by atoms with Gasteiger partial charge in [0.15, 0.2) is 6.10 Å². The third-order valence-electron chi connectivity index (χ3n) is 4.05. The van der Waals surface area contributed by atoms with Crippen molar-refractivity contribution in [2.75, 3.05) is 0 Å². The first-order valence-electron chi connectivity index (χ1n) is 7.82. The average Bonchev–Trinajstić information content (AvgIpc) is 2.93. The van der Waals surface area contributed by atoms with Gasteiger partial charge in [-0.25, -0.2) is 0 Å². The minimum atomic E-state index is -0.794. The number of nitrogens with one attached hydrogen (secondary N) is 1. The molecule has 1 aliphatic carbocycles. The second-order valence-electron chi connectivity index (χ2n) is 6.29. The molecule has 0 aromatic heterocycles. The Morgan fingerprint density at radius 1 is 1.35 bits per heavy atom. The zero-order valence-corrected chi connectivity index (χ0v) is 14.0. The molecule has 1 aromatic carbocycles. The van der Waals surface area contributed by atoms with Crippen LogP contribution in [0.5, 0.6) is 5.75 Å². The van der Waals surface area contributed by atoms with E-state index in [9.17, 15) is 9.59 Å². The van der Waals surface area contributed by atoms with Crippen LogP contribution in [0, 0.1) is 11.8 Å². The van der Waals surface area contributed by atoms with Gasteiger partial charge in [0.1, 0.15) is 5.75 Å². The van der Waals surface area contributed by atoms with Crippen LogP contribution in [0.2, 0.25) is 5.02 Å². The number of carboxylic acids is 1. The third-order valence-corrected chi connectivity index (χ3v) is 4.29. The number of carboxylic acid groups (broad SMARTS) is 1. The third kappa shape index (κ3) is 4.86. The Morgan fingerprint density at radius 3 is 2.65 bits per heavy atom. The molecule has 3 atom stereocenters. The van der Waals surface area contributed by atoms with Crippen LogP contribution in [0.1, 0.15) is 33.1 Å².